The molecular weight excluding hydrogens is 444 g/mol. The molecule has 0 saturated heterocycles. The summed E-state index contributed by atoms with van der Waals surface area (Å²) in [5, 5.41) is 0. The molecule has 184 valence electrons. The molecule has 3 aromatic carbocycles. The quantitative estimate of drug-likeness (QED) is 0.264. The Morgan fingerprint density at radius 1 is 0.914 bits per heavy atom. The van der Waals surface area contributed by atoms with Crippen LogP contribution in [0.5, 0.6) is 11.5 Å². The molecule has 0 N–H and O–H groups in total. The lowest BCUT2D eigenvalue weighted by molar-refractivity contribution is -0.150. The van der Waals surface area contributed by atoms with E-state index in [4.69, 9.17) is 18.9 Å². The highest BCUT2D eigenvalue weighted by Gasteiger charge is 2.16. The van der Waals surface area contributed by atoms with E-state index in [0.717, 1.165) is 45.4 Å². The lowest BCUT2D eigenvalue weighted by Crippen LogP contribution is -2.28. The van der Waals surface area contributed by atoms with Gasteiger partial charge in [0.2, 0.25) is 0 Å². The van der Waals surface area contributed by atoms with E-state index in [9.17, 15) is 9.59 Å². The Kier molecular flexibility index (Phi) is 9.04. The molecule has 0 aliphatic carbocycles. The van der Waals surface area contributed by atoms with E-state index in [1.807, 2.05) is 18.2 Å². The Hall–Kier alpha value is -3.64. The lowest BCUT2D eigenvalue weighted by Gasteiger charge is -2.20. The molecule has 0 unspecified atom stereocenters. The number of aryl methyl sites for hydroxylation is 2. The normalized spacial score (nSPS) is 11.6. The largest absolute Gasteiger partial charge is 0.490 e. The summed E-state index contributed by atoms with van der Waals surface area (Å²) in [6.45, 7) is 8.50. The standard InChI is InChI=1S/C29H32O6/c1-19-13-26(34-18-27(17-32-5)35-22(4)31)14-20(2)29(19)28-8-6-7-24(21(28)3)16-33-25-11-9-23(15-30)10-12-25/h6-15,27H,16-18H2,1-5H3/t27-/m1/s1. The lowest BCUT2D eigenvalue weighted by atomic mass is 9.90. The van der Waals surface area contributed by atoms with E-state index in [1.54, 1.807) is 31.4 Å². The molecule has 3 rings (SSSR count). The van der Waals surface area contributed by atoms with Gasteiger partial charge in [0.1, 0.15) is 31.0 Å². The molecule has 0 aliphatic rings. The predicted octanol–water partition coefficient (Wildman–Crippen LogP) is 5.63. The molecule has 0 heterocycles. The van der Waals surface area contributed by atoms with Crippen LogP contribution in [0.3, 0.4) is 0 Å². The third-order valence-electron chi connectivity index (χ3n) is 5.75. The first kappa shape index (κ1) is 26.0. The average Bonchev–Trinajstić information content (AvgIpc) is 2.82. The second-order valence-corrected chi connectivity index (χ2v) is 8.50. The molecule has 0 radical (unpaired) electrons. The van der Waals surface area contributed by atoms with Crippen molar-refractivity contribution in [1.29, 1.82) is 0 Å². The van der Waals surface area contributed by atoms with Crippen molar-refractivity contribution in [2.45, 2.75) is 40.4 Å². The molecule has 0 aromatic heterocycles. The number of rotatable bonds is 11. The SMILES string of the molecule is COC[C@H](COc1cc(C)c(-c2cccc(COc3ccc(C=O)cc3)c2C)c(C)c1)OC(C)=O. The van der Waals surface area contributed by atoms with Crippen molar-refractivity contribution in [1.82, 2.24) is 0 Å². The van der Waals surface area contributed by atoms with Crippen molar-refractivity contribution in [3.8, 4) is 22.6 Å². The maximum Gasteiger partial charge on any atom is 0.303 e. The number of carbonyl (C=O) groups is 2. The minimum Gasteiger partial charge on any atom is -0.490 e. The summed E-state index contributed by atoms with van der Waals surface area (Å²) >= 11 is 0. The first-order valence-electron chi connectivity index (χ1n) is 11.5. The molecule has 0 aliphatic heterocycles. The number of aldehydes is 1. The highest BCUT2D eigenvalue weighted by molar-refractivity contribution is 5.76. The molecule has 0 bridgehead atoms. The number of ether oxygens (including phenoxy) is 4. The van der Waals surface area contributed by atoms with Gasteiger partial charge in [-0.15, -0.1) is 0 Å². The van der Waals surface area contributed by atoms with Crippen molar-refractivity contribution in [3.05, 3.63) is 82.4 Å². The van der Waals surface area contributed by atoms with Crippen molar-refractivity contribution >= 4 is 12.3 Å². The van der Waals surface area contributed by atoms with Crippen LogP contribution in [0.25, 0.3) is 11.1 Å². The van der Waals surface area contributed by atoms with Gasteiger partial charge in [-0.25, -0.2) is 0 Å². The topological polar surface area (TPSA) is 71.1 Å². The van der Waals surface area contributed by atoms with Gasteiger partial charge in [0.15, 0.2) is 6.10 Å². The molecular formula is C29H32O6. The van der Waals surface area contributed by atoms with Crippen LogP contribution in [-0.4, -0.2) is 38.7 Å². The second kappa shape index (κ2) is 12.2. The van der Waals surface area contributed by atoms with Crippen molar-refractivity contribution < 1.29 is 28.5 Å². The van der Waals surface area contributed by atoms with Gasteiger partial charge in [0, 0.05) is 19.6 Å². The molecule has 3 aromatic rings. The fraction of sp³-hybridized carbons (Fsp3) is 0.310. The smallest absolute Gasteiger partial charge is 0.303 e. The summed E-state index contributed by atoms with van der Waals surface area (Å²) in [6.07, 6.45) is 0.349. The molecule has 0 fully saturated rings. The highest BCUT2D eigenvalue weighted by Crippen LogP contribution is 2.34. The van der Waals surface area contributed by atoms with Crippen LogP contribution in [0, 0.1) is 20.8 Å². The van der Waals surface area contributed by atoms with Gasteiger partial charge in [0.25, 0.3) is 0 Å². The molecule has 0 saturated carbocycles. The number of hydrogen-bond acceptors (Lipinski definition) is 6. The number of hydrogen-bond donors (Lipinski definition) is 0. The van der Waals surface area contributed by atoms with Crippen molar-refractivity contribution in [2.75, 3.05) is 20.3 Å². The zero-order chi connectivity index (χ0) is 25.4. The Bertz CT molecular complexity index is 1140. The molecule has 0 amide bonds. The Labute approximate surface area is 206 Å². The van der Waals surface area contributed by atoms with Gasteiger partial charge < -0.3 is 18.9 Å². The Balaban J connectivity index is 1.77. The summed E-state index contributed by atoms with van der Waals surface area (Å²) in [5.74, 6) is 1.07. The van der Waals surface area contributed by atoms with Gasteiger partial charge in [-0.1, -0.05) is 18.2 Å². The maximum atomic E-state index is 11.3. The van der Waals surface area contributed by atoms with E-state index < -0.39 is 6.10 Å². The minimum absolute atomic E-state index is 0.214. The molecule has 35 heavy (non-hydrogen) atoms. The Morgan fingerprint density at radius 2 is 1.60 bits per heavy atom. The summed E-state index contributed by atoms with van der Waals surface area (Å²) in [4.78, 5) is 22.2. The summed E-state index contributed by atoms with van der Waals surface area (Å²) in [6, 6.07) is 17.3. The number of esters is 1. The molecule has 0 spiro atoms. The van der Waals surface area contributed by atoms with Crippen LogP contribution in [-0.2, 0) is 20.9 Å². The maximum absolute atomic E-state index is 11.3. The minimum atomic E-state index is -0.466. The van der Waals surface area contributed by atoms with Crippen molar-refractivity contribution in [2.24, 2.45) is 0 Å². The van der Waals surface area contributed by atoms with Crippen LogP contribution >= 0.6 is 0 Å². The molecule has 6 nitrogen and oxygen atoms in total. The van der Waals surface area contributed by atoms with Crippen LogP contribution in [0.2, 0.25) is 0 Å². The fourth-order valence-electron chi connectivity index (χ4n) is 4.07. The van der Waals surface area contributed by atoms with Crippen LogP contribution in [0.1, 0.15) is 39.5 Å². The monoisotopic (exact) mass is 476 g/mol. The summed E-state index contributed by atoms with van der Waals surface area (Å²) in [7, 11) is 1.56. The van der Waals surface area contributed by atoms with Gasteiger partial charge in [-0.3, -0.25) is 9.59 Å². The third kappa shape index (κ3) is 6.93. The number of carbonyl (C=O) groups excluding carboxylic acids is 2. The molecule has 1 atom stereocenters. The fourth-order valence-corrected chi connectivity index (χ4v) is 4.07. The zero-order valence-corrected chi connectivity index (χ0v) is 20.9. The third-order valence-corrected chi connectivity index (χ3v) is 5.75. The molecule has 6 heteroatoms. The van der Waals surface area contributed by atoms with E-state index in [2.05, 4.69) is 32.9 Å². The van der Waals surface area contributed by atoms with E-state index in [-0.39, 0.29) is 19.2 Å². The first-order chi connectivity index (χ1) is 16.8. The van der Waals surface area contributed by atoms with E-state index in [1.165, 1.54) is 6.92 Å². The zero-order valence-electron chi connectivity index (χ0n) is 20.9. The average molecular weight is 477 g/mol. The van der Waals surface area contributed by atoms with Gasteiger partial charge in [-0.05, 0) is 90.6 Å². The highest BCUT2D eigenvalue weighted by atomic mass is 16.6. The number of benzene rings is 3. The summed E-state index contributed by atoms with van der Waals surface area (Å²) < 4.78 is 22.3. The predicted molar refractivity (Wildman–Crippen MR) is 135 cm³/mol. The van der Waals surface area contributed by atoms with Gasteiger partial charge in [-0.2, -0.15) is 0 Å². The van der Waals surface area contributed by atoms with Crippen molar-refractivity contribution in [3.63, 3.8) is 0 Å². The van der Waals surface area contributed by atoms with Crippen LogP contribution < -0.4 is 9.47 Å². The van der Waals surface area contributed by atoms with E-state index >= 15 is 0 Å². The number of methoxy groups -OCH3 is 1. The van der Waals surface area contributed by atoms with E-state index in [0.29, 0.717) is 17.9 Å². The van der Waals surface area contributed by atoms with Gasteiger partial charge in [0.05, 0.1) is 6.61 Å². The van der Waals surface area contributed by atoms with Crippen LogP contribution in [0.4, 0.5) is 0 Å². The summed E-state index contributed by atoms with van der Waals surface area (Å²) in [5.41, 5.74) is 7.32. The first-order valence-corrected chi connectivity index (χ1v) is 11.5. The second-order valence-electron chi connectivity index (χ2n) is 8.50. The van der Waals surface area contributed by atoms with Crippen LogP contribution in [0.15, 0.2) is 54.6 Å². The Morgan fingerprint density at radius 3 is 2.20 bits per heavy atom. The van der Waals surface area contributed by atoms with Gasteiger partial charge >= 0.3 is 5.97 Å².